The van der Waals surface area contributed by atoms with Crippen molar-refractivity contribution in [2.75, 3.05) is 32.2 Å². The molecule has 3 aromatic heterocycles. The molecule has 0 spiro atoms. The molecule has 1 aliphatic carbocycles. The van der Waals surface area contributed by atoms with Gasteiger partial charge < -0.3 is 14.8 Å². The Morgan fingerprint density at radius 3 is 2.60 bits per heavy atom. The molecule has 1 saturated carbocycles. The predicted molar refractivity (Wildman–Crippen MR) is 136 cm³/mol. The molecular formula is C26H36N6O3. The highest BCUT2D eigenvalue weighted by molar-refractivity contribution is 6.00. The van der Waals surface area contributed by atoms with Crippen molar-refractivity contribution >= 4 is 23.0 Å². The second-order valence-electron chi connectivity index (χ2n) is 9.32. The minimum atomic E-state index is -0.435. The molecule has 9 nitrogen and oxygen atoms in total. The number of carbonyl (C=O) groups is 1. The molecule has 0 unspecified atom stereocenters. The second kappa shape index (κ2) is 11.6. The van der Waals surface area contributed by atoms with Gasteiger partial charge in [-0.1, -0.05) is 33.1 Å². The van der Waals surface area contributed by atoms with Crippen molar-refractivity contribution in [2.24, 2.45) is 0 Å². The molecule has 1 N–H and O–H groups in total. The van der Waals surface area contributed by atoms with Crippen LogP contribution >= 0.6 is 0 Å². The van der Waals surface area contributed by atoms with E-state index >= 15 is 0 Å². The Bertz CT molecular complexity index is 1140. The smallest absolute Gasteiger partial charge is 0.357 e. The van der Waals surface area contributed by atoms with E-state index in [1.54, 1.807) is 32.5 Å². The van der Waals surface area contributed by atoms with Crippen LogP contribution < -0.4 is 5.32 Å². The Kier molecular flexibility index (Phi) is 8.28. The fourth-order valence-corrected chi connectivity index (χ4v) is 4.66. The third-order valence-electron chi connectivity index (χ3n) is 6.41. The van der Waals surface area contributed by atoms with Crippen LogP contribution in [-0.4, -0.2) is 57.6 Å². The lowest BCUT2D eigenvalue weighted by molar-refractivity contribution is 0.0520. The van der Waals surface area contributed by atoms with Gasteiger partial charge in [-0.05, 0) is 38.2 Å². The van der Waals surface area contributed by atoms with Crippen molar-refractivity contribution in [3.63, 3.8) is 0 Å². The van der Waals surface area contributed by atoms with Crippen molar-refractivity contribution < 1.29 is 14.3 Å². The Hall–Kier alpha value is -3.07. The van der Waals surface area contributed by atoms with Gasteiger partial charge in [-0.25, -0.2) is 24.4 Å². The van der Waals surface area contributed by atoms with Crippen LogP contribution in [0.4, 0.5) is 5.95 Å². The first kappa shape index (κ1) is 25.0. The number of esters is 1. The van der Waals surface area contributed by atoms with E-state index in [1.165, 1.54) is 19.3 Å². The van der Waals surface area contributed by atoms with Crippen LogP contribution in [0.25, 0.3) is 22.2 Å². The molecule has 0 saturated heterocycles. The van der Waals surface area contributed by atoms with E-state index < -0.39 is 5.97 Å². The lowest BCUT2D eigenvalue weighted by Crippen LogP contribution is -2.16. The summed E-state index contributed by atoms with van der Waals surface area (Å²) in [6, 6.07) is 2.08. The molecule has 0 amide bonds. The van der Waals surface area contributed by atoms with Gasteiger partial charge in [0.2, 0.25) is 5.95 Å². The van der Waals surface area contributed by atoms with E-state index in [0.29, 0.717) is 19.2 Å². The van der Waals surface area contributed by atoms with Gasteiger partial charge in [0.1, 0.15) is 0 Å². The lowest BCUT2D eigenvalue weighted by atomic mass is 9.95. The van der Waals surface area contributed by atoms with Gasteiger partial charge in [-0.2, -0.15) is 5.10 Å². The normalized spacial score (nSPS) is 14.5. The van der Waals surface area contributed by atoms with E-state index in [0.717, 1.165) is 53.7 Å². The average Bonchev–Trinajstić information content (AvgIpc) is 3.27. The van der Waals surface area contributed by atoms with Crippen LogP contribution in [-0.2, 0) is 9.47 Å². The number of aromatic nitrogens is 5. The largest absolute Gasteiger partial charge is 0.461 e. The van der Waals surface area contributed by atoms with E-state index in [-0.39, 0.29) is 17.7 Å². The molecule has 0 aliphatic heterocycles. The summed E-state index contributed by atoms with van der Waals surface area (Å²) in [6.45, 7) is 7.77. The van der Waals surface area contributed by atoms with Crippen molar-refractivity contribution in [3.8, 4) is 11.1 Å². The molecule has 0 radical (unpaired) electrons. The number of ether oxygens (including phenoxy) is 2. The highest BCUT2D eigenvalue weighted by Crippen LogP contribution is 2.38. The molecule has 188 valence electrons. The van der Waals surface area contributed by atoms with Gasteiger partial charge in [0, 0.05) is 43.8 Å². The number of nitrogens with one attached hydrogen (secondary N) is 1. The monoisotopic (exact) mass is 480 g/mol. The number of hydrogen-bond acceptors (Lipinski definition) is 8. The minimum absolute atomic E-state index is 0.193. The van der Waals surface area contributed by atoms with Crippen molar-refractivity contribution in [2.45, 2.75) is 71.3 Å². The van der Waals surface area contributed by atoms with Gasteiger partial charge in [0.05, 0.1) is 23.7 Å². The number of hydrogen-bond donors (Lipinski definition) is 1. The zero-order chi connectivity index (χ0) is 24.8. The predicted octanol–water partition coefficient (Wildman–Crippen LogP) is 5.14. The molecule has 0 aromatic carbocycles. The number of fused-ring (bicyclic) bond motifs is 1. The van der Waals surface area contributed by atoms with Crippen molar-refractivity contribution in [1.29, 1.82) is 0 Å². The molecule has 1 aliphatic rings. The zero-order valence-corrected chi connectivity index (χ0v) is 21.2. The SMILES string of the molecule is CCOC(=O)c1cc(-c2cnc(NCCCOC)nc2)c2c(C(C)C)nn(C3CCCCC3)c2n1. The first-order valence-corrected chi connectivity index (χ1v) is 12.7. The highest BCUT2D eigenvalue weighted by Gasteiger charge is 2.26. The van der Waals surface area contributed by atoms with Crippen molar-refractivity contribution in [3.05, 3.63) is 29.8 Å². The lowest BCUT2D eigenvalue weighted by Gasteiger charge is -2.22. The number of nitrogens with zero attached hydrogens (tertiary/aromatic N) is 5. The molecule has 9 heteroatoms. The summed E-state index contributed by atoms with van der Waals surface area (Å²) in [6.07, 6.45) is 10.2. The van der Waals surface area contributed by atoms with Gasteiger partial charge in [-0.3, -0.25) is 0 Å². The van der Waals surface area contributed by atoms with Crippen LogP contribution in [0.5, 0.6) is 0 Å². The van der Waals surface area contributed by atoms with Crippen LogP contribution in [0.15, 0.2) is 18.5 Å². The first-order chi connectivity index (χ1) is 17.0. The van der Waals surface area contributed by atoms with Gasteiger partial charge in [0.15, 0.2) is 11.3 Å². The van der Waals surface area contributed by atoms with Gasteiger partial charge >= 0.3 is 5.97 Å². The van der Waals surface area contributed by atoms with E-state index in [2.05, 4.69) is 33.8 Å². The summed E-state index contributed by atoms with van der Waals surface area (Å²) in [5.41, 5.74) is 3.67. The van der Waals surface area contributed by atoms with Crippen LogP contribution in [0, 0.1) is 0 Å². The summed E-state index contributed by atoms with van der Waals surface area (Å²) >= 11 is 0. The summed E-state index contributed by atoms with van der Waals surface area (Å²) in [4.78, 5) is 26.6. The topological polar surface area (TPSA) is 104 Å². The quantitative estimate of drug-likeness (QED) is 0.314. The Morgan fingerprint density at radius 2 is 1.94 bits per heavy atom. The maximum atomic E-state index is 12.8. The maximum Gasteiger partial charge on any atom is 0.357 e. The molecule has 4 rings (SSSR count). The molecule has 3 aromatic rings. The first-order valence-electron chi connectivity index (χ1n) is 12.7. The Morgan fingerprint density at radius 1 is 1.20 bits per heavy atom. The molecule has 3 heterocycles. The average molecular weight is 481 g/mol. The third kappa shape index (κ3) is 5.61. The summed E-state index contributed by atoms with van der Waals surface area (Å²) in [5.74, 6) is 0.317. The standard InChI is InChI=1S/C26H36N6O3/c1-5-35-25(33)21-14-20(18-15-28-26(29-16-18)27-12-9-13-34-4)22-23(17(2)3)31-32(24(22)30-21)19-10-7-6-8-11-19/h14-17,19H,5-13H2,1-4H3,(H,27,28,29). The second-order valence-corrected chi connectivity index (χ2v) is 9.32. The zero-order valence-electron chi connectivity index (χ0n) is 21.2. The minimum Gasteiger partial charge on any atom is -0.461 e. The summed E-state index contributed by atoms with van der Waals surface area (Å²) in [5, 5.41) is 9.23. The van der Waals surface area contributed by atoms with E-state index in [4.69, 9.17) is 19.6 Å². The number of anilines is 1. The number of carbonyl (C=O) groups excluding carboxylic acids is 1. The molecule has 0 bridgehead atoms. The maximum absolute atomic E-state index is 12.8. The van der Waals surface area contributed by atoms with E-state index in [1.807, 2.05) is 0 Å². The summed E-state index contributed by atoms with van der Waals surface area (Å²) in [7, 11) is 1.69. The van der Waals surface area contributed by atoms with Gasteiger partial charge in [-0.15, -0.1) is 0 Å². The Balaban J connectivity index is 1.81. The number of pyridine rings is 1. The van der Waals surface area contributed by atoms with Crippen molar-refractivity contribution in [1.82, 2.24) is 24.7 Å². The molecule has 0 atom stereocenters. The van der Waals surface area contributed by atoms with E-state index in [9.17, 15) is 4.79 Å². The number of methoxy groups -OCH3 is 1. The fourth-order valence-electron chi connectivity index (χ4n) is 4.66. The summed E-state index contributed by atoms with van der Waals surface area (Å²) < 4.78 is 12.5. The molecular weight excluding hydrogens is 444 g/mol. The molecule has 35 heavy (non-hydrogen) atoms. The van der Waals surface area contributed by atoms with Gasteiger partial charge in [0.25, 0.3) is 0 Å². The Labute approximate surface area is 206 Å². The fraction of sp³-hybridized carbons (Fsp3) is 0.577. The number of rotatable bonds is 10. The van der Waals surface area contributed by atoms with Crippen LogP contribution in [0.1, 0.15) is 87.4 Å². The molecule has 1 fully saturated rings. The van der Waals surface area contributed by atoms with Crippen LogP contribution in [0.3, 0.4) is 0 Å². The third-order valence-corrected chi connectivity index (χ3v) is 6.41. The van der Waals surface area contributed by atoms with Crippen LogP contribution in [0.2, 0.25) is 0 Å². The highest BCUT2D eigenvalue weighted by atomic mass is 16.5.